The average Bonchev–Trinajstić information content (AvgIpc) is 2.82. The normalized spacial score (nSPS) is 15.1. The van der Waals surface area contributed by atoms with Gasteiger partial charge in [-0.05, 0) is 18.6 Å². The van der Waals surface area contributed by atoms with E-state index in [1.807, 2.05) is 46.9 Å². The Balaban J connectivity index is -0.000000169. The number of aryl methyl sites for hydroxylation is 1. The summed E-state index contributed by atoms with van der Waals surface area (Å²) < 4.78 is 0. The van der Waals surface area contributed by atoms with E-state index in [9.17, 15) is 0 Å². The summed E-state index contributed by atoms with van der Waals surface area (Å²) in [5.41, 5.74) is 8.77. The fraction of sp³-hybridized carbons (Fsp3) is 0.600. The van der Waals surface area contributed by atoms with Crippen LogP contribution in [0.1, 0.15) is 39.7 Å². The van der Waals surface area contributed by atoms with Crippen molar-refractivity contribution in [2.24, 2.45) is 0 Å². The number of hydrogen-bond donors (Lipinski definition) is 0. The number of anilines is 1. The molecular formula is C15H29N3ReRf-2. The van der Waals surface area contributed by atoms with Crippen molar-refractivity contribution in [3.8, 4) is 0 Å². The van der Waals surface area contributed by atoms with Crippen molar-refractivity contribution in [2.45, 2.75) is 47.1 Å². The van der Waals surface area contributed by atoms with Crippen LogP contribution in [-0.4, -0.2) is 24.1 Å². The van der Waals surface area contributed by atoms with E-state index in [4.69, 9.17) is 5.73 Å². The first-order valence-electron chi connectivity index (χ1n) is 6.64. The van der Waals surface area contributed by atoms with Gasteiger partial charge >= 0.3 is 0 Å². The molecule has 1 aliphatic heterocycles. The molecule has 0 spiro atoms. The molecule has 1 saturated heterocycles. The molecule has 1 unspecified atom stereocenters. The molecule has 0 bridgehead atoms. The quantitative estimate of drug-likeness (QED) is 0.404. The molecule has 0 aliphatic carbocycles. The van der Waals surface area contributed by atoms with E-state index in [0.717, 1.165) is 25.3 Å². The van der Waals surface area contributed by atoms with Gasteiger partial charge in [0.2, 0.25) is 0 Å². The summed E-state index contributed by atoms with van der Waals surface area (Å²) in [5.74, 6) is 1.01. The van der Waals surface area contributed by atoms with E-state index in [0.29, 0.717) is 0 Å². The number of nitrogens with one attached hydrogen (secondary N) is 1. The third-order valence-electron chi connectivity index (χ3n) is 2.41. The minimum atomic E-state index is 0. The summed E-state index contributed by atoms with van der Waals surface area (Å²) >= 11 is 0. The van der Waals surface area contributed by atoms with E-state index in [2.05, 4.69) is 16.0 Å². The van der Waals surface area contributed by atoms with Crippen molar-refractivity contribution < 1.29 is 20.4 Å². The van der Waals surface area contributed by atoms with Crippen LogP contribution in [0.3, 0.4) is 0 Å². The molecule has 115 valence electrons. The summed E-state index contributed by atoms with van der Waals surface area (Å²) in [5, 5.41) is 0. The van der Waals surface area contributed by atoms with Gasteiger partial charge < -0.3 is 18.1 Å². The van der Waals surface area contributed by atoms with Gasteiger partial charge in [-0.1, -0.05) is 40.2 Å². The Morgan fingerprint density at radius 1 is 1.20 bits per heavy atom. The first kappa shape index (κ1) is 27.0. The summed E-state index contributed by atoms with van der Waals surface area (Å²) in [6.07, 6.45) is 2.85. The number of nitrogens with zero attached hydrogens (tertiary/aromatic N) is 2. The zero-order chi connectivity index (χ0) is 13.3. The Morgan fingerprint density at radius 2 is 1.75 bits per heavy atom. The van der Waals surface area contributed by atoms with E-state index < -0.39 is 0 Å². The predicted octanol–water partition coefficient (Wildman–Crippen LogP) is 4.52. The van der Waals surface area contributed by atoms with Gasteiger partial charge in [0.1, 0.15) is 5.82 Å². The molecule has 0 amide bonds. The van der Waals surface area contributed by atoms with Crippen LogP contribution in [0.15, 0.2) is 18.3 Å². The van der Waals surface area contributed by atoms with E-state index >= 15 is 0 Å². The van der Waals surface area contributed by atoms with Crippen LogP contribution < -0.4 is 4.90 Å². The Kier molecular flexibility index (Phi) is 21.1. The number of rotatable bonds is 1. The molecule has 1 atom stereocenters. The first-order valence-corrected chi connectivity index (χ1v) is 6.64. The molecule has 1 aromatic rings. The molecule has 1 aromatic heterocycles. The predicted molar refractivity (Wildman–Crippen MR) is 83.0 cm³/mol. The molecule has 1 N–H and O–H groups in total. The summed E-state index contributed by atoms with van der Waals surface area (Å²) in [6.45, 7) is 11.8. The summed E-state index contributed by atoms with van der Waals surface area (Å²) in [7, 11) is 0. The summed E-state index contributed by atoms with van der Waals surface area (Å²) in [4.78, 5) is 6.52. The number of pyridine rings is 1. The van der Waals surface area contributed by atoms with E-state index in [1.54, 1.807) is 0 Å². The third-order valence-corrected chi connectivity index (χ3v) is 2.41. The summed E-state index contributed by atoms with van der Waals surface area (Å²) in [6, 6.07) is 4.18. The Hall–Kier alpha value is -1.43. The molecule has 20 heavy (non-hydrogen) atoms. The second-order valence-corrected chi connectivity index (χ2v) is 3.63. The third kappa shape index (κ3) is 8.64. The van der Waals surface area contributed by atoms with Crippen LogP contribution in [0.5, 0.6) is 0 Å². The Bertz CT molecular complexity index is 294. The Labute approximate surface area is 133 Å². The molecule has 1 fully saturated rings. The van der Waals surface area contributed by atoms with Crippen molar-refractivity contribution in [3.63, 3.8) is 0 Å². The minimum Gasteiger partial charge on any atom is -0.673 e. The molecule has 2 rings (SSSR count). The Morgan fingerprint density at radius 3 is 2.10 bits per heavy atom. The van der Waals surface area contributed by atoms with Crippen LogP contribution in [0.2, 0.25) is 0 Å². The average molecular weight is 705 g/mol. The van der Waals surface area contributed by atoms with Gasteiger partial charge in [-0.2, -0.15) is 0 Å². The van der Waals surface area contributed by atoms with Gasteiger partial charge in [0, 0.05) is 39.7 Å². The van der Waals surface area contributed by atoms with Crippen molar-refractivity contribution >= 4 is 5.82 Å². The van der Waals surface area contributed by atoms with Crippen LogP contribution >= 0.6 is 0 Å². The van der Waals surface area contributed by atoms with Gasteiger partial charge in [-0.15, -0.1) is 6.04 Å². The largest absolute Gasteiger partial charge is 0.673 e. The maximum Gasteiger partial charge on any atom is 0.128 e. The maximum atomic E-state index is 7.58. The van der Waals surface area contributed by atoms with Gasteiger partial charge in [0.25, 0.3) is 0 Å². The van der Waals surface area contributed by atoms with Crippen LogP contribution in [0, 0.1) is 14.4 Å². The van der Waals surface area contributed by atoms with Gasteiger partial charge in [-0.25, -0.2) is 4.98 Å². The number of hydrogen-bond acceptors (Lipinski definition) is 2. The van der Waals surface area contributed by atoms with E-state index in [-0.39, 0.29) is 33.9 Å². The van der Waals surface area contributed by atoms with Crippen molar-refractivity contribution in [3.05, 3.63) is 37.1 Å². The fourth-order valence-corrected chi connectivity index (χ4v) is 1.62. The number of aromatic nitrogens is 1. The van der Waals surface area contributed by atoms with Crippen LogP contribution in [-0.2, 0) is 20.4 Å². The van der Waals surface area contributed by atoms with Crippen molar-refractivity contribution in [1.29, 1.82) is 0 Å². The van der Waals surface area contributed by atoms with Gasteiger partial charge in [0.15, 0.2) is 0 Å². The molecule has 0 aromatic carbocycles. The molecular weight excluding hydrogens is 675 g/mol. The molecule has 1 aliphatic rings. The maximum absolute atomic E-state index is 7.58. The smallest absolute Gasteiger partial charge is 0.128 e. The molecule has 5 heteroatoms. The molecule has 3 nitrogen and oxygen atoms in total. The van der Waals surface area contributed by atoms with Gasteiger partial charge in [-0.3, -0.25) is 0 Å². The fourth-order valence-electron chi connectivity index (χ4n) is 1.62. The van der Waals surface area contributed by atoms with Crippen LogP contribution in [0.25, 0.3) is 5.73 Å². The standard InChI is InChI=1S/C10H14N3.2C2H6.CH3.Re.Rf/c1-8-2-3-10(12-6-8)13-5-4-9(11)7-13;2*1-2;;;/h2-3,6,9,11H,4-5,7H2,1H3;2*1-2H3;1H3;;/q-1;;;-1;;. The molecule has 0 saturated carbocycles. The first-order chi connectivity index (χ1) is 8.25. The zero-order valence-corrected chi connectivity index (χ0v) is 23.0. The SMILES string of the molecule is CC.CC.Cc1ccc(N2CCC([NH-])C2)nc1.[CH3-].[Re].[Rf]. The second kappa shape index (κ2) is 15.6. The van der Waals surface area contributed by atoms with E-state index in [1.165, 1.54) is 5.56 Å². The van der Waals surface area contributed by atoms with Crippen molar-refractivity contribution in [1.82, 2.24) is 4.98 Å². The van der Waals surface area contributed by atoms with Crippen LogP contribution in [0.4, 0.5) is 5.82 Å². The van der Waals surface area contributed by atoms with Crippen molar-refractivity contribution in [2.75, 3.05) is 18.0 Å². The monoisotopic (exact) mass is 705 g/mol. The zero-order valence-electron chi connectivity index (χ0n) is 13.9. The van der Waals surface area contributed by atoms with Gasteiger partial charge in [0.05, 0.1) is 0 Å². The topological polar surface area (TPSA) is 39.9 Å². The molecule has 2 heterocycles. The molecule has 1 radical (unpaired) electrons. The minimum absolute atomic E-state index is 0. The second-order valence-electron chi connectivity index (χ2n) is 3.63.